The summed E-state index contributed by atoms with van der Waals surface area (Å²) in [7, 11) is 0. The van der Waals surface area contributed by atoms with Crippen LogP contribution in [0.3, 0.4) is 0 Å². The van der Waals surface area contributed by atoms with Gasteiger partial charge >= 0.3 is 0 Å². The summed E-state index contributed by atoms with van der Waals surface area (Å²) in [5.74, 6) is 0.680. The van der Waals surface area contributed by atoms with Crippen LogP contribution in [0.2, 0.25) is 0 Å². The largest absolute Gasteiger partial charge is 0.449 e. The van der Waals surface area contributed by atoms with Crippen LogP contribution in [0.1, 0.15) is 17.0 Å². The molecule has 0 unspecified atom stereocenters. The molecule has 106 valence electrons. The van der Waals surface area contributed by atoms with Gasteiger partial charge in [-0.3, -0.25) is 4.98 Å². The lowest BCUT2D eigenvalue weighted by atomic mass is 10.1. The smallest absolute Gasteiger partial charge is 0.191 e. The average Bonchev–Trinajstić information content (AvgIpc) is 2.94. The molecule has 0 amide bonds. The number of oxazole rings is 1. The molecule has 0 bridgehead atoms. The second-order valence-corrected chi connectivity index (χ2v) is 4.98. The molecule has 3 rings (SSSR count). The van der Waals surface area contributed by atoms with E-state index in [1.54, 1.807) is 6.26 Å². The minimum Gasteiger partial charge on any atom is -0.449 e. The highest BCUT2D eigenvalue weighted by atomic mass is 16.3. The summed E-state index contributed by atoms with van der Waals surface area (Å²) in [6.07, 6.45) is 5.39. The monoisotopic (exact) mass is 279 g/mol. The SMILES string of the molecule is Cc1nc(-c2ccc(NCc3cnccc3C)cc2)co1. The number of hydrogen-bond donors (Lipinski definition) is 1. The zero-order chi connectivity index (χ0) is 14.7. The second kappa shape index (κ2) is 5.79. The van der Waals surface area contributed by atoms with E-state index in [9.17, 15) is 0 Å². The molecule has 2 heterocycles. The van der Waals surface area contributed by atoms with Crippen LogP contribution in [-0.4, -0.2) is 9.97 Å². The standard InChI is InChI=1S/C17H17N3O/c1-12-7-8-18-9-15(12)10-19-16-5-3-14(4-6-16)17-11-21-13(2)20-17/h3-9,11,19H,10H2,1-2H3. The molecule has 1 N–H and O–H groups in total. The summed E-state index contributed by atoms with van der Waals surface area (Å²) < 4.78 is 5.23. The number of hydrogen-bond acceptors (Lipinski definition) is 4. The third kappa shape index (κ3) is 3.11. The lowest BCUT2D eigenvalue weighted by molar-refractivity contribution is 0.521. The van der Waals surface area contributed by atoms with Crippen molar-refractivity contribution in [2.75, 3.05) is 5.32 Å². The van der Waals surface area contributed by atoms with Gasteiger partial charge < -0.3 is 9.73 Å². The van der Waals surface area contributed by atoms with Gasteiger partial charge in [-0.25, -0.2) is 4.98 Å². The van der Waals surface area contributed by atoms with Gasteiger partial charge in [0, 0.05) is 37.1 Å². The molecule has 2 aromatic heterocycles. The molecule has 0 radical (unpaired) electrons. The van der Waals surface area contributed by atoms with Crippen molar-refractivity contribution in [3.05, 3.63) is 66.0 Å². The Hall–Kier alpha value is -2.62. The van der Waals surface area contributed by atoms with E-state index >= 15 is 0 Å². The summed E-state index contributed by atoms with van der Waals surface area (Å²) in [6, 6.07) is 10.2. The fraction of sp³-hybridized carbons (Fsp3) is 0.176. The Kier molecular flexibility index (Phi) is 3.69. The van der Waals surface area contributed by atoms with Crippen LogP contribution in [0, 0.1) is 13.8 Å². The molecule has 0 aliphatic heterocycles. The molecular weight excluding hydrogens is 262 g/mol. The third-order valence-electron chi connectivity index (χ3n) is 3.43. The van der Waals surface area contributed by atoms with Gasteiger partial charge in [-0.1, -0.05) is 12.1 Å². The van der Waals surface area contributed by atoms with E-state index in [4.69, 9.17) is 4.42 Å². The molecule has 0 saturated carbocycles. The molecule has 0 spiro atoms. The molecule has 4 heteroatoms. The van der Waals surface area contributed by atoms with Crippen LogP contribution in [0.5, 0.6) is 0 Å². The Morgan fingerprint density at radius 2 is 1.90 bits per heavy atom. The predicted octanol–water partition coefficient (Wildman–Crippen LogP) is 3.97. The zero-order valence-corrected chi connectivity index (χ0v) is 12.1. The van der Waals surface area contributed by atoms with Crippen LogP contribution in [0.4, 0.5) is 5.69 Å². The summed E-state index contributed by atoms with van der Waals surface area (Å²) in [5.41, 5.74) is 5.43. The van der Waals surface area contributed by atoms with Gasteiger partial charge in [0.1, 0.15) is 12.0 Å². The van der Waals surface area contributed by atoms with Gasteiger partial charge in [0.2, 0.25) is 0 Å². The topological polar surface area (TPSA) is 51.0 Å². The molecule has 21 heavy (non-hydrogen) atoms. The predicted molar refractivity (Wildman–Crippen MR) is 83.0 cm³/mol. The fourth-order valence-electron chi connectivity index (χ4n) is 2.13. The average molecular weight is 279 g/mol. The van der Waals surface area contributed by atoms with E-state index in [1.807, 2.05) is 49.6 Å². The molecule has 0 saturated heterocycles. The maximum Gasteiger partial charge on any atom is 0.191 e. The van der Waals surface area contributed by atoms with Gasteiger partial charge in [-0.05, 0) is 36.2 Å². The summed E-state index contributed by atoms with van der Waals surface area (Å²) in [4.78, 5) is 8.48. The Bertz CT molecular complexity index is 732. The Morgan fingerprint density at radius 3 is 2.57 bits per heavy atom. The third-order valence-corrected chi connectivity index (χ3v) is 3.43. The van der Waals surface area contributed by atoms with Gasteiger partial charge in [-0.2, -0.15) is 0 Å². The molecule has 0 aliphatic carbocycles. The Labute approximate surface area is 123 Å². The fourth-order valence-corrected chi connectivity index (χ4v) is 2.13. The molecule has 0 fully saturated rings. The normalized spacial score (nSPS) is 10.6. The molecular formula is C17H17N3O. The highest BCUT2D eigenvalue weighted by Gasteiger charge is 2.03. The number of nitrogens with one attached hydrogen (secondary N) is 1. The van der Waals surface area contributed by atoms with Crippen LogP contribution < -0.4 is 5.32 Å². The van der Waals surface area contributed by atoms with Gasteiger partial charge in [-0.15, -0.1) is 0 Å². The molecule has 0 aliphatic rings. The summed E-state index contributed by atoms with van der Waals surface area (Å²) in [5, 5.41) is 3.40. The molecule has 4 nitrogen and oxygen atoms in total. The lowest BCUT2D eigenvalue weighted by Gasteiger charge is -2.08. The first-order valence-corrected chi connectivity index (χ1v) is 6.88. The van der Waals surface area contributed by atoms with Gasteiger partial charge in [0.15, 0.2) is 5.89 Å². The van der Waals surface area contributed by atoms with Crippen LogP contribution in [0.25, 0.3) is 11.3 Å². The van der Waals surface area contributed by atoms with Crippen LogP contribution in [-0.2, 0) is 6.54 Å². The minimum atomic E-state index is 0.680. The Balaban J connectivity index is 1.69. The number of nitrogens with zero attached hydrogens (tertiary/aromatic N) is 2. The van der Waals surface area contributed by atoms with Crippen molar-refractivity contribution in [1.82, 2.24) is 9.97 Å². The lowest BCUT2D eigenvalue weighted by Crippen LogP contribution is -2.01. The van der Waals surface area contributed by atoms with Gasteiger partial charge in [0.25, 0.3) is 0 Å². The first-order valence-electron chi connectivity index (χ1n) is 6.88. The molecule has 0 atom stereocenters. The maximum atomic E-state index is 5.23. The highest BCUT2D eigenvalue weighted by Crippen LogP contribution is 2.21. The molecule has 3 aromatic rings. The number of aryl methyl sites for hydroxylation is 2. The molecule has 1 aromatic carbocycles. The first kappa shape index (κ1) is 13.4. The van der Waals surface area contributed by atoms with Crippen molar-refractivity contribution >= 4 is 5.69 Å². The van der Waals surface area contributed by atoms with Crippen molar-refractivity contribution in [3.63, 3.8) is 0 Å². The van der Waals surface area contributed by atoms with Crippen molar-refractivity contribution in [3.8, 4) is 11.3 Å². The van der Waals surface area contributed by atoms with E-state index < -0.39 is 0 Å². The van der Waals surface area contributed by atoms with Crippen LogP contribution in [0.15, 0.2) is 53.4 Å². The number of aromatic nitrogens is 2. The van der Waals surface area contributed by atoms with Gasteiger partial charge in [0.05, 0.1) is 0 Å². The van der Waals surface area contributed by atoms with Crippen molar-refractivity contribution in [2.45, 2.75) is 20.4 Å². The number of benzene rings is 1. The quantitative estimate of drug-likeness (QED) is 0.785. The highest BCUT2D eigenvalue weighted by molar-refractivity contribution is 5.61. The van der Waals surface area contributed by atoms with Crippen LogP contribution >= 0.6 is 0 Å². The van der Waals surface area contributed by atoms with E-state index in [0.29, 0.717) is 5.89 Å². The second-order valence-electron chi connectivity index (χ2n) is 4.98. The Morgan fingerprint density at radius 1 is 1.10 bits per heavy atom. The zero-order valence-electron chi connectivity index (χ0n) is 12.1. The van der Waals surface area contributed by atoms with Crippen molar-refractivity contribution < 1.29 is 4.42 Å². The van der Waals surface area contributed by atoms with Crippen molar-refractivity contribution in [1.29, 1.82) is 0 Å². The van der Waals surface area contributed by atoms with Crippen molar-refractivity contribution in [2.24, 2.45) is 0 Å². The summed E-state index contributed by atoms with van der Waals surface area (Å²) >= 11 is 0. The summed E-state index contributed by atoms with van der Waals surface area (Å²) in [6.45, 7) is 4.70. The number of rotatable bonds is 4. The first-order chi connectivity index (χ1) is 10.2. The maximum absolute atomic E-state index is 5.23. The van der Waals surface area contributed by atoms with E-state index in [2.05, 4.69) is 22.2 Å². The van der Waals surface area contributed by atoms with E-state index in [-0.39, 0.29) is 0 Å². The number of pyridine rings is 1. The van der Waals surface area contributed by atoms with E-state index in [0.717, 1.165) is 23.5 Å². The minimum absolute atomic E-state index is 0.680. The van der Waals surface area contributed by atoms with E-state index in [1.165, 1.54) is 11.1 Å². The number of anilines is 1.